The average molecular weight is 391 g/mol. The number of hydrogen-bond acceptors (Lipinski definition) is 5. The van der Waals surface area contributed by atoms with Crippen molar-refractivity contribution in [2.24, 2.45) is 0 Å². The lowest BCUT2D eigenvalue weighted by molar-refractivity contribution is -0.118. The molecule has 0 bridgehead atoms. The quantitative estimate of drug-likeness (QED) is 0.582. The van der Waals surface area contributed by atoms with E-state index in [1.165, 1.54) is 0 Å². The van der Waals surface area contributed by atoms with Crippen molar-refractivity contribution in [2.45, 2.75) is 20.0 Å². The Morgan fingerprint density at radius 3 is 2.55 bits per heavy atom. The zero-order valence-corrected chi connectivity index (χ0v) is 16.6. The number of rotatable bonds is 9. The van der Waals surface area contributed by atoms with E-state index >= 15 is 0 Å². The van der Waals surface area contributed by atoms with E-state index in [1.54, 1.807) is 13.3 Å². The number of nitrogens with zero attached hydrogens (tertiary/aromatic N) is 1. The third-order valence-electron chi connectivity index (χ3n) is 4.28. The Kier molecular flexibility index (Phi) is 7.19. The van der Waals surface area contributed by atoms with E-state index in [2.05, 4.69) is 15.6 Å². The number of aryl methyl sites for hydroxylation is 1. The molecule has 0 saturated carbocycles. The average Bonchev–Trinajstić information content (AvgIpc) is 2.75. The van der Waals surface area contributed by atoms with E-state index in [0.717, 1.165) is 22.5 Å². The SMILES string of the molecule is COc1cc(CNCc2ccccn2)ccc1OCC(=O)Nc1ccc(C)cc1. The summed E-state index contributed by atoms with van der Waals surface area (Å²) in [6.45, 7) is 3.25. The molecule has 1 heterocycles. The van der Waals surface area contributed by atoms with Crippen LogP contribution in [0, 0.1) is 6.92 Å². The highest BCUT2D eigenvalue weighted by atomic mass is 16.5. The van der Waals surface area contributed by atoms with Gasteiger partial charge in [0, 0.05) is 25.0 Å². The van der Waals surface area contributed by atoms with E-state index < -0.39 is 0 Å². The monoisotopic (exact) mass is 391 g/mol. The second-order valence-electron chi connectivity index (χ2n) is 6.61. The molecule has 3 aromatic rings. The molecule has 0 atom stereocenters. The maximum Gasteiger partial charge on any atom is 0.262 e. The second kappa shape index (κ2) is 10.2. The maximum absolute atomic E-state index is 12.1. The van der Waals surface area contributed by atoms with Gasteiger partial charge in [-0.25, -0.2) is 0 Å². The lowest BCUT2D eigenvalue weighted by atomic mass is 10.2. The summed E-state index contributed by atoms with van der Waals surface area (Å²) in [5.41, 5.74) is 3.91. The first-order chi connectivity index (χ1) is 14.1. The minimum absolute atomic E-state index is 0.0957. The Morgan fingerprint density at radius 1 is 1.00 bits per heavy atom. The molecule has 0 radical (unpaired) electrons. The summed E-state index contributed by atoms with van der Waals surface area (Å²) in [4.78, 5) is 16.4. The molecule has 0 aliphatic carbocycles. The fourth-order valence-electron chi connectivity index (χ4n) is 2.76. The standard InChI is InChI=1S/C23H25N3O3/c1-17-6-9-19(10-7-17)26-23(27)16-29-21-11-8-18(13-22(21)28-2)14-24-15-20-5-3-4-12-25-20/h3-13,24H,14-16H2,1-2H3,(H,26,27). The molecule has 0 spiro atoms. The van der Waals surface area contributed by atoms with Crippen LogP contribution in [0.3, 0.4) is 0 Å². The Bertz CT molecular complexity index is 928. The van der Waals surface area contributed by atoms with E-state index in [-0.39, 0.29) is 12.5 Å². The van der Waals surface area contributed by atoms with Gasteiger partial charge in [-0.1, -0.05) is 29.8 Å². The number of nitrogens with one attached hydrogen (secondary N) is 2. The summed E-state index contributed by atoms with van der Waals surface area (Å²) in [5.74, 6) is 0.891. The molecule has 3 rings (SSSR count). The van der Waals surface area contributed by atoms with Crippen LogP contribution in [0.4, 0.5) is 5.69 Å². The molecule has 2 aromatic carbocycles. The van der Waals surface area contributed by atoms with Gasteiger partial charge in [0.15, 0.2) is 18.1 Å². The largest absolute Gasteiger partial charge is 0.493 e. The summed E-state index contributed by atoms with van der Waals surface area (Å²) in [5, 5.41) is 6.16. The molecule has 0 aliphatic rings. The number of carbonyl (C=O) groups is 1. The predicted octanol–water partition coefficient (Wildman–Crippen LogP) is 3.71. The van der Waals surface area contributed by atoms with Crippen LogP contribution in [0.1, 0.15) is 16.8 Å². The fraction of sp³-hybridized carbons (Fsp3) is 0.217. The molecule has 1 amide bonds. The minimum Gasteiger partial charge on any atom is -0.493 e. The van der Waals surface area contributed by atoms with Crippen LogP contribution in [0.5, 0.6) is 11.5 Å². The zero-order chi connectivity index (χ0) is 20.5. The van der Waals surface area contributed by atoms with Gasteiger partial charge in [0.2, 0.25) is 0 Å². The summed E-state index contributed by atoms with van der Waals surface area (Å²) in [6, 6.07) is 19.1. The lowest BCUT2D eigenvalue weighted by Gasteiger charge is -2.13. The maximum atomic E-state index is 12.1. The Balaban J connectivity index is 1.51. The highest BCUT2D eigenvalue weighted by Gasteiger charge is 2.09. The molecular weight excluding hydrogens is 366 g/mol. The number of benzene rings is 2. The summed E-state index contributed by atoms with van der Waals surface area (Å²) >= 11 is 0. The molecule has 1 aromatic heterocycles. The van der Waals surface area contributed by atoms with Crippen molar-refractivity contribution >= 4 is 11.6 Å². The summed E-state index contributed by atoms with van der Waals surface area (Å²) in [7, 11) is 1.58. The molecule has 29 heavy (non-hydrogen) atoms. The lowest BCUT2D eigenvalue weighted by Crippen LogP contribution is -2.20. The molecule has 150 valence electrons. The molecule has 6 nitrogen and oxygen atoms in total. The van der Waals surface area contributed by atoms with Gasteiger partial charge in [0.1, 0.15) is 0 Å². The van der Waals surface area contributed by atoms with Crippen molar-refractivity contribution in [3.05, 3.63) is 83.7 Å². The molecular formula is C23H25N3O3. The summed E-state index contributed by atoms with van der Waals surface area (Å²) in [6.07, 6.45) is 1.78. The van der Waals surface area contributed by atoms with E-state index in [9.17, 15) is 4.79 Å². The highest BCUT2D eigenvalue weighted by Crippen LogP contribution is 2.28. The van der Waals surface area contributed by atoms with Crippen molar-refractivity contribution in [1.82, 2.24) is 10.3 Å². The minimum atomic E-state index is -0.225. The number of methoxy groups -OCH3 is 1. The van der Waals surface area contributed by atoms with Gasteiger partial charge < -0.3 is 20.1 Å². The van der Waals surface area contributed by atoms with Gasteiger partial charge in [-0.3, -0.25) is 9.78 Å². The first kappa shape index (κ1) is 20.4. The van der Waals surface area contributed by atoms with Gasteiger partial charge in [-0.05, 0) is 48.9 Å². The first-order valence-corrected chi connectivity index (χ1v) is 9.41. The van der Waals surface area contributed by atoms with Gasteiger partial charge >= 0.3 is 0 Å². The van der Waals surface area contributed by atoms with Crippen molar-refractivity contribution in [3.8, 4) is 11.5 Å². The van der Waals surface area contributed by atoms with Crippen LogP contribution in [0.2, 0.25) is 0 Å². The highest BCUT2D eigenvalue weighted by molar-refractivity contribution is 5.91. The topological polar surface area (TPSA) is 72.5 Å². The van der Waals surface area contributed by atoms with E-state index in [4.69, 9.17) is 9.47 Å². The molecule has 0 fully saturated rings. The fourth-order valence-corrected chi connectivity index (χ4v) is 2.76. The molecule has 0 unspecified atom stereocenters. The Morgan fingerprint density at radius 2 is 1.83 bits per heavy atom. The molecule has 0 saturated heterocycles. The van der Waals surface area contributed by atoms with Gasteiger partial charge in [-0.15, -0.1) is 0 Å². The van der Waals surface area contributed by atoms with Crippen LogP contribution < -0.4 is 20.1 Å². The first-order valence-electron chi connectivity index (χ1n) is 9.41. The van der Waals surface area contributed by atoms with Crippen molar-refractivity contribution < 1.29 is 14.3 Å². The van der Waals surface area contributed by atoms with Gasteiger partial charge in [0.05, 0.1) is 12.8 Å². The van der Waals surface area contributed by atoms with E-state index in [1.807, 2.05) is 67.6 Å². The number of pyridine rings is 1. The van der Waals surface area contributed by atoms with Crippen LogP contribution in [0.25, 0.3) is 0 Å². The molecule has 6 heteroatoms. The zero-order valence-electron chi connectivity index (χ0n) is 16.6. The smallest absolute Gasteiger partial charge is 0.262 e. The number of amides is 1. The normalized spacial score (nSPS) is 10.4. The number of aromatic nitrogens is 1. The van der Waals surface area contributed by atoms with Crippen LogP contribution in [0.15, 0.2) is 66.9 Å². The van der Waals surface area contributed by atoms with Crippen molar-refractivity contribution in [2.75, 3.05) is 19.0 Å². The van der Waals surface area contributed by atoms with E-state index in [0.29, 0.717) is 24.6 Å². The van der Waals surface area contributed by atoms with Crippen LogP contribution >= 0.6 is 0 Å². The van der Waals surface area contributed by atoms with Crippen LogP contribution in [-0.4, -0.2) is 24.6 Å². The third-order valence-corrected chi connectivity index (χ3v) is 4.28. The van der Waals surface area contributed by atoms with Crippen molar-refractivity contribution in [3.63, 3.8) is 0 Å². The van der Waals surface area contributed by atoms with Crippen LogP contribution in [-0.2, 0) is 17.9 Å². The van der Waals surface area contributed by atoms with Gasteiger partial charge in [0.25, 0.3) is 5.91 Å². The summed E-state index contributed by atoms with van der Waals surface area (Å²) < 4.78 is 11.1. The molecule has 2 N–H and O–H groups in total. The number of ether oxygens (including phenoxy) is 2. The third kappa shape index (κ3) is 6.33. The van der Waals surface area contributed by atoms with Crippen molar-refractivity contribution in [1.29, 1.82) is 0 Å². The number of hydrogen-bond donors (Lipinski definition) is 2. The van der Waals surface area contributed by atoms with Gasteiger partial charge in [-0.2, -0.15) is 0 Å². The second-order valence-corrected chi connectivity index (χ2v) is 6.61. The number of carbonyl (C=O) groups excluding carboxylic acids is 1. The molecule has 0 aliphatic heterocycles. The Labute approximate surface area is 170 Å². The number of anilines is 1. The Hall–Kier alpha value is -3.38. The predicted molar refractivity (Wildman–Crippen MR) is 113 cm³/mol.